The maximum absolute atomic E-state index is 5.47. The molecule has 0 aliphatic carbocycles. The Labute approximate surface area is 134 Å². The van der Waals surface area contributed by atoms with Gasteiger partial charge < -0.3 is 9.64 Å². The lowest BCUT2D eigenvalue weighted by molar-refractivity contribution is 0.203. The molecule has 4 heteroatoms. The van der Waals surface area contributed by atoms with Crippen molar-refractivity contribution < 1.29 is 4.74 Å². The summed E-state index contributed by atoms with van der Waals surface area (Å²) in [7, 11) is 1.75. The summed E-state index contributed by atoms with van der Waals surface area (Å²) in [5.74, 6) is 3.34. The Bertz CT molecular complexity index is 431. The van der Waals surface area contributed by atoms with E-state index in [9.17, 15) is 0 Å². The molecule has 2 rings (SSSR count). The first-order chi connectivity index (χ1) is 10.2. The molecule has 0 bridgehead atoms. The van der Waals surface area contributed by atoms with Crippen molar-refractivity contribution in [2.24, 2.45) is 11.8 Å². The molecule has 0 aromatic heterocycles. The Hall–Kier alpha value is -0.870. The molecule has 21 heavy (non-hydrogen) atoms. The average molecular weight is 308 g/mol. The number of methoxy groups -OCH3 is 1. The average Bonchev–Trinajstić information content (AvgIpc) is 2.52. The maximum atomic E-state index is 5.47. The molecule has 1 unspecified atom stereocenters. The Balaban J connectivity index is 1.91. The Morgan fingerprint density at radius 1 is 1.14 bits per heavy atom. The monoisotopic (exact) mass is 308 g/mol. The maximum Gasteiger partial charge on any atom is 0.142 e. The Morgan fingerprint density at radius 2 is 1.81 bits per heavy atom. The SMILES string of the molecule is COc1ccccc1N1CCN(CC(CS)C(C)C)CC1. The highest BCUT2D eigenvalue weighted by Crippen LogP contribution is 2.28. The van der Waals surface area contributed by atoms with Gasteiger partial charge in [0.1, 0.15) is 5.75 Å². The molecule has 1 atom stereocenters. The van der Waals surface area contributed by atoms with Gasteiger partial charge in [-0.2, -0.15) is 12.6 Å². The van der Waals surface area contributed by atoms with Gasteiger partial charge in [-0.25, -0.2) is 0 Å². The normalized spacial score (nSPS) is 18.0. The molecule has 0 amide bonds. The number of thiol groups is 1. The summed E-state index contributed by atoms with van der Waals surface area (Å²) in [6.07, 6.45) is 0. The van der Waals surface area contributed by atoms with Crippen LogP contribution in [0.5, 0.6) is 5.75 Å². The number of para-hydroxylation sites is 2. The highest BCUT2D eigenvalue weighted by atomic mass is 32.1. The van der Waals surface area contributed by atoms with Gasteiger partial charge in [-0.3, -0.25) is 4.90 Å². The van der Waals surface area contributed by atoms with Crippen LogP contribution < -0.4 is 9.64 Å². The molecule has 1 fully saturated rings. The molecule has 1 aromatic rings. The van der Waals surface area contributed by atoms with E-state index in [1.165, 1.54) is 12.2 Å². The molecule has 118 valence electrons. The van der Waals surface area contributed by atoms with Crippen LogP contribution in [0.1, 0.15) is 13.8 Å². The first-order valence-electron chi connectivity index (χ1n) is 7.87. The van der Waals surface area contributed by atoms with Crippen molar-refractivity contribution in [3.63, 3.8) is 0 Å². The molecular formula is C17H28N2OS. The summed E-state index contributed by atoms with van der Waals surface area (Å²) in [6.45, 7) is 10.1. The number of ether oxygens (including phenoxy) is 1. The van der Waals surface area contributed by atoms with Crippen LogP contribution in [-0.4, -0.2) is 50.5 Å². The van der Waals surface area contributed by atoms with Crippen molar-refractivity contribution in [1.29, 1.82) is 0 Å². The van der Waals surface area contributed by atoms with Gasteiger partial charge in [0, 0.05) is 32.7 Å². The fourth-order valence-electron chi connectivity index (χ4n) is 2.87. The first-order valence-corrected chi connectivity index (χ1v) is 8.50. The zero-order valence-corrected chi connectivity index (χ0v) is 14.4. The van der Waals surface area contributed by atoms with E-state index >= 15 is 0 Å². The lowest BCUT2D eigenvalue weighted by atomic mass is 9.97. The second-order valence-electron chi connectivity index (χ2n) is 6.15. The van der Waals surface area contributed by atoms with Crippen molar-refractivity contribution >= 4 is 18.3 Å². The van der Waals surface area contributed by atoms with Crippen LogP contribution >= 0.6 is 12.6 Å². The van der Waals surface area contributed by atoms with E-state index in [4.69, 9.17) is 4.74 Å². The fraction of sp³-hybridized carbons (Fsp3) is 0.647. The van der Waals surface area contributed by atoms with Crippen molar-refractivity contribution in [2.75, 3.05) is 50.5 Å². The summed E-state index contributed by atoms with van der Waals surface area (Å²) in [5, 5.41) is 0. The minimum atomic E-state index is 0.686. The van der Waals surface area contributed by atoms with E-state index in [1.807, 2.05) is 12.1 Å². The third-order valence-corrected chi connectivity index (χ3v) is 4.94. The zero-order chi connectivity index (χ0) is 15.2. The van der Waals surface area contributed by atoms with Gasteiger partial charge in [-0.1, -0.05) is 26.0 Å². The van der Waals surface area contributed by atoms with Gasteiger partial charge in [-0.15, -0.1) is 0 Å². The smallest absolute Gasteiger partial charge is 0.142 e. The van der Waals surface area contributed by atoms with E-state index in [-0.39, 0.29) is 0 Å². The molecule has 1 saturated heterocycles. The molecule has 0 saturated carbocycles. The van der Waals surface area contributed by atoms with Crippen LogP contribution in [0.25, 0.3) is 0 Å². The quantitative estimate of drug-likeness (QED) is 0.814. The summed E-state index contributed by atoms with van der Waals surface area (Å²) < 4.78 is 5.47. The molecule has 0 N–H and O–H groups in total. The summed E-state index contributed by atoms with van der Waals surface area (Å²) in [4.78, 5) is 5.01. The van der Waals surface area contributed by atoms with Crippen molar-refractivity contribution in [1.82, 2.24) is 4.90 Å². The topological polar surface area (TPSA) is 15.7 Å². The molecule has 0 spiro atoms. The van der Waals surface area contributed by atoms with Gasteiger partial charge >= 0.3 is 0 Å². The predicted octanol–water partition coefficient (Wildman–Crippen LogP) is 3.02. The van der Waals surface area contributed by atoms with Crippen molar-refractivity contribution in [2.45, 2.75) is 13.8 Å². The number of hydrogen-bond acceptors (Lipinski definition) is 4. The van der Waals surface area contributed by atoms with Gasteiger partial charge in [-0.05, 0) is 29.7 Å². The minimum absolute atomic E-state index is 0.686. The fourth-order valence-corrected chi connectivity index (χ4v) is 3.41. The standard InChI is InChI=1S/C17H28N2OS/c1-14(2)15(13-21)12-18-8-10-19(11-9-18)16-6-4-5-7-17(16)20-3/h4-7,14-15,21H,8-13H2,1-3H3. The number of rotatable bonds is 6. The molecule has 1 aliphatic heterocycles. The molecule has 1 aliphatic rings. The Morgan fingerprint density at radius 3 is 2.38 bits per heavy atom. The van der Waals surface area contributed by atoms with E-state index < -0.39 is 0 Å². The highest BCUT2D eigenvalue weighted by Gasteiger charge is 2.22. The minimum Gasteiger partial charge on any atom is -0.495 e. The van der Waals surface area contributed by atoms with E-state index in [0.29, 0.717) is 11.8 Å². The van der Waals surface area contributed by atoms with Gasteiger partial charge in [0.25, 0.3) is 0 Å². The lowest BCUT2D eigenvalue weighted by Crippen LogP contribution is -2.48. The molecular weight excluding hydrogens is 280 g/mol. The highest BCUT2D eigenvalue weighted by molar-refractivity contribution is 7.80. The van der Waals surface area contributed by atoms with Crippen LogP contribution in [0.2, 0.25) is 0 Å². The second kappa shape index (κ2) is 7.95. The third-order valence-electron chi connectivity index (χ3n) is 4.47. The van der Waals surface area contributed by atoms with Crippen LogP contribution in [0.4, 0.5) is 5.69 Å². The third kappa shape index (κ3) is 4.30. The predicted molar refractivity (Wildman–Crippen MR) is 93.8 cm³/mol. The lowest BCUT2D eigenvalue weighted by Gasteiger charge is -2.38. The molecule has 0 radical (unpaired) electrons. The number of nitrogens with zero attached hydrogens (tertiary/aromatic N) is 2. The van der Waals surface area contributed by atoms with Crippen molar-refractivity contribution in [3.8, 4) is 5.75 Å². The van der Waals surface area contributed by atoms with Gasteiger partial charge in [0.15, 0.2) is 0 Å². The van der Waals surface area contributed by atoms with Gasteiger partial charge in [0.05, 0.1) is 12.8 Å². The van der Waals surface area contributed by atoms with E-state index in [0.717, 1.165) is 37.7 Å². The first kappa shape index (κ1) is 16.5. The van der Waals surface area contributed by atoms with Crippen LogP contribution in [0, 0.1) is 11.8 Å². The van der Waals surface area contributed by atoms with Crippen LogP contribution in [-0.2, 0) is 0 Å². The summed E-state index contributed by atoms with van der Waals surface area (Å²) >= 11 is 4.50. The van der Waals surface area contributed by atoms with Crippen LogP contribution in [0.15, 0.2) is 24.3 Å². The van der Waals surface area contributed by atoms with Gasteiger partial charge in [0.2, 0.25) is 0 Å². The van der Waals surface area contributed by atoms with E-state index in [1.54, 1.807) is 7.11 Å². The Kier molecular flexibility index (Phi) is 6.24. The summed E-state index contributed by atoms with van der Waals surface area (Å²) in [6, 6.07) is 8.30. The number of benzene rings is 1. The summed E-state index contributed by atoms with van der Waals surface area (Å²) in [5.41, 5.74) is 1.22. The second-order valence-corrected chi connectivity index (χ2v) is 6.51. The molecule has 1 heterocycles. The largest absolute Gasteiger partial charge is 0.495 e. The number of piperazine rings is 1. The van der Waals surface area contributed by atoms with Crippen LogP contribution in [0.3, 0.4) is 0 Å². The molecule has 3 nitrogen and oxygen atoms in total. The van der Waals surface area contributed by atoms with Crippen molar-refractivity contribution in [3.05, 3.63) is 24.3 Å². The number of anilines is 1. The number of hydrogen-bond donors (Lipinski definition) is 1. The van der Waals surface area contributed by atoms with E-state index in [2.05, 4.69) is 48.4 Å². The molecule has 1 aromatic carbocycles. The zero-order valence-electron chi connectivity index (χ0n) is 13.5.